The van der Waals surface area contributed by atoms with Crippen molar-refractivity contribution in [3.8, 4) is 20.9 Å². The molecule has 0 atom stereocenters. The maximum Gasteiger partial charge on any atom is 0.193 e. The first-order valence-corrected chi connectivity index (χ1v) is 9.82. The Labute approximate surface area is 159 Å². The fraction of sp³-hybridized carbons (Fsp3) is 0. The summed E-state index contributed by atoms with van der Waals surface area (Å²) in [7, 11) is 0. The van der Waals surface area contributed by atoms with Crippen LogP contribution in [0.1, 0.15) is 15.9 Å². The average Bonchev–Trinajstić information content (AvgIpc) is 3.29. The molecule has 0 aliphatic rings. The number of rotatable bonds is 4. The smallest absolute Gasteiger partial charge is 0.193 e. The van der Waals surface area contributed by atoms with Gasteiger partial charge in [0.05, 0.1) is 21.1 Å². The molecule has 128 valence electrons. The molecule has 0 aliphatic heterocycles. The highest BCUT2D eigenvalue weighted by Gasteiger charge is 2.22. The Morgan fingerprint density at radius 3 is 2.00 bits per heavy atom. The lowest BCUT2D eigenvalue weighted by Gasteiger charge is -2.14. The minimum atomic E-state index is -0.0228. The predicted octanol–water partition coefficient (Wildman–Crippen LogP) is 5.54. The van der Waals surface area contributed by atoms with E-state index in [0.29, 0.717) is 22.5 Å². The van der Waals surface area contributed by atoms with Gasteiger partial charge in [-0.25, -0.2) is 0 Å². The van der Waals surface area contributed by atoms with Crippen LogP contribution in [-0.2, 0) is 0 Å². The molecule has 0 amide bonds. The highest BCUT2D eigenvalue weighted by Crippen LogP contribution is 2.44. The van der Waals surface area contributed by atoms with Gasteiger partial charge in [-0.05, 0) is 22.9 Å². The lowest BCUT2D eigenvalue weighted by Crippen LogP contribution is -2.05. The number of nitrogens with two attached hydrogens (primary N) is 2. The minimum Gasteiger partial charge on any atom is -0.398 e. The Morgan fingerprint density at radius 2 is 1.38 bits per heavy atom. The largest absolute Gasteiger partial charge is 0.398 e. The number of anilines is 2. The molecule has 0 saturated heterocycles. The summed E-state index contributed by atoms with van der Waals surface area (Å²) in [6, 6.07) is 18.8. The highest BCUT2D eigenvalue weighted by molar-refractivity contribution is 7.15. The van der Waals surface area contributed by atoms with Gasteiger partial charge >= 0.3 is 0 Å². The number of thiophene rings is 2. The zero-order chi connectivity index (χ0) is 18.1. The highest BCUT2D eigenvalue weighted by atomic mass is 32.1. The Bertz CT molecular complexity index is 1080. The van der Waals surface area contributed by atoms with E-state index < -0.39 is 0 Å². The Hall–Kier alpha value is -2.89. The third-order valence-corrected chi connectivity index (χ3v) is 6.12. The molecule has 0 bridgehead atoms. The standard InChI is InChI=1S/C21H16N2OS2/c22-16-9-11-25-20(16)15-8-4-7-14(18(15)21-17(23)10-12-26-21)19(24)13-5-2-1-3-6-13/h1-12H,22-23H2. The predicted molar refractivity (Wildman–Crippen MR) is 112 cm³/mol. The number of nitrogen functional groups attached to an aromatic ring is 2. The van der Waals surface area contributed by atoms with Crippen LogP contribution < -0.4 is 11.5 Å². The molecular formula is C21H16N2OS2. The van der Waals surface area contributed by atoms with E-state index in [9.17, 15) is 4.79 Å². The molecule has 4 aromatic rings. The van der Waals surface area contributed by atoms with Crippen LogP contribution in [0, 0.1) is 0 Å². The van der Waals surface area contributed by atoms with Crippen LogP contribution in [0.15, 0.2) is 71.4 Å². The maximum absolute atomic E-state index is 13.2. The van der Waals surface area contributed by atoms with Crippen molar-refractivity contribution in [3.63, 3.8) is 0 Å². The van der Waals surface area contributed by atoms with Gasteiger partial charge in [-0.3, -0.25) is 4.79 Å². The zero-order valence-corrected chi connectivity index (χ0v) is 15.4. The van der Waals surface area contributed by atoms with Crippen molar-refractivity contribution < 1.29 is 4.79 Å². The Kier molecular flexibility index (Phi) is 4.32. The van der Waals surface area contributed by atoms with Gasteiger partial charge in [-0.1, -0.05) is 48.5 Å². The molecule has 0 spiro atoms. The first-order chi connectivity index (χ1) is 12.7. The van der Waals surface area contributed by atoms with Gasteiger partial charge in [0.1, 0.15) is 0 Å². The van der Waals surface area contributed by atoms with Crippen LogP contribution in [0.3, 0.4) is 0 Å². The van der Waals surface area contributed by atoms with Crippen molar-refractivity contribution in [2.24, 2.45) is 0 Å². The van der Waals surface area contributed by atoms with E-state index >= 15 is 0 Å². The summed E-state index contributed by atoms with van der Waals surface area (Å²) in [6.45, 7) is 0. The monoisotopic (exact) mass is 376 g/mol. The van der Waals surface area contributed by atoms with Crippen molar-refractivity contribution in [3.05, 3.63) is 82.6 Å². The van der Waals surface area contributed by atoms with Gasteiger partial charge in [0.25, 0.3) is 0 Å². The van der Waals surface area contributed by atoms with Crippen molar-refractivity contribution in [1.29, 1.82) is 0 Å². The lowest BCUT2D eigenvalue weighted by atomic mass is 9.92. The number of carbonyl (C=O) groups excluding carboxylic acids is 1. The summed E-state index contributed by atoms with van der Waals surface area (Å²) >= 11 is 3.10. The molecular weight excluding hydrogens is 360 g/mol. The molecule has 26 heavy (non-hydrogen) atoms. The molecule has 2 aromatic carbocycles. The number of ketones is 1. The van der Waals surface area contributed by atoms with Crippen LogP contribution in [0.25, 0.3) is 20.9 Å². The number of hydrogen-bond donors (Lipinski definition) is 2. The summed E-state index contributed by atoms with van der Waals surface area (Å²) in [6.07, 6.45) is 0. The number of carbonyl (C=O) groups is 1. The molecule has 2 aromatic heterocycles. The zero-order valence-electron chi connectivity index (χ0n) is 13.8. The second kappa shape index (κ2) is 6.78. The van der Waals surface area contributed by atoms with Gasteiger partial charge in [-0.2, -0.15) is 0 Å². The molecule has 4 rings (SSSR count). The fourth-order valence-corrected chi connectivity index (χ4v) is 4.73. The Balaban J connectivity index is 2.00. The normalized spacial score (nSPS) is 10.8. The van der Waals surface area contributed by atoms with Crippen LogP contribution in [-0.4, -0.2) is 5.78 Å². The van der Waals surface area contributed by atoms with Crippen molar-refractivity contribution >= 4 is 39.8 Å². The van der Waals surface area contributed by atoms with Gasteiger partial charge in [-0.15, -0.1) is 22.7 Å². The summed E-state index contributed by atoms with van der Waals surface area (Å²) < 4.78 is 0. The van der Waals surface area contributed by atoms with Gasteiger partial charge in [0, 0.05) is 22.3 Å². The molecule has 4 N–H and O–H groups in total. The minimum absolute atomic E-state index is 0.0228. The van der Waals surface area contributed by atoms with Crippen molar-refractivity contribution in [2.45, 2.75) is 0 Å². The lowest BCUT2D eigenvalue weighted by molar-refractivity contribution is 0.103. The third kappa shape index (κ3) is 2.81. The van der Waals surface area contributed by atoms with Crippen molar-refractivity contribution in [2.75, 3.05) is 11.5 Å². The average molecular weight is 377 g/mol. The van der Waals surface area contributed by atoms with Crippen LogP contribution in [0.4, 0.5) is 11.4 Å². The van der Waals surface area contributed by atoms with Gasteiger partial charge in [0.15, 0.2) is 5.78 Å². The first kappa shape index (κ1) is 16.6. The van der Waals surface area contributed by atoms with E-state index in [1.165, 1.54) is 11.3 Å². The number of hydrogen-bond acceptors (Lipinski definition) is 5. The number of benzene rings is 2. The van der Waals surface area contributed by atoms with Crippen LogP contribution in [0.5, 0.6) is 0 Å². The van der Waals surface area contributed by atoms with Gasteiger partial charge < -0.3 is 11.5 Å². The van der Waals surface area contributed by atoms with E-state index in [0.717, 1.165) is 20.9 Å². The van der Waals surface area contributed by atoms with Crippen LogP contribution >= 0.6 is 22.7 Å². The molecule has 0 saturated carbocycles. The summed E-state index contributed by atoms with van der Waals surface area (Å²) in [5.74, 6) is -0.0228. The molecule has 0 radical (unpaired) electrons. The maximum atomic E-state index is 13.2. The first-order valence-electron chi connectivity index (χ1n) is 8.06. The van der Waals surface area contributed by atoms with Crippen LogP contribution in [0.2, 0.25) is 0 Å². The third-order valence-electron chi connectivity index (χ3n) is 4.21. The molecule has 0 fully saturated rings. The molecule has 0 aliphatic carbocycles. The van der Waals surface area contributed by atoms with E-state index in [4.69, 9.17) is 11.5 Å². The van der Waals surface area contributed by atoms with E-state index in [2.05, 4.69) is 0 Å². The van der Waals surface area contributed by atoms with E-state index in [1.807, 2.05) is 71.4 Å². The van der Waals surface area contributed by atoms with E-state index in [1.54, 1.807) is 11.3 Å². The molecule has 2 heterocycles. The second-order valence-corrected chi connectivity index (χ2v) is 7.67. The topological polar surface area (TPSA) is 69.1 Å². The molecule has 3 nitrogen and oxygen atoms in total. The fourth-order valence-electron chi connectivity index (χ4n) is 2.98. The summed E-state index contributed by atoms with van der Waals surface area (Å²) in [5.41, 5.74) is 16.8. The summed E-state index contributed by atoms with van der Waals surface area (Å²) in [5, 5.41) is 3.90. The Morgan fingerprint density at radius 1 is 0.731 bits per heavy atom. The van der Waals surface area contributed by atoms with E-state index in [-0.39, 0.29) is 5.78 Å². The van der Waals surface area contributed by atoms with Crippen molar-refractivity contribution in [1.82, 2.24) is 0 Å². The van der Waals surface area contributed by atoms with Gasteiger partial charge in [0.2, 0.25) is 0 Å². The quantitative estimate of drug-likeness (QED) is 0.460. The SMILES string of the molecule is Nc1ccsc1-c1cccc(C(=O)c2ccccc2)c1-c1sccc1N. The molecule has 5 heteroatoms. The summed E-state index contributed by atoms with van der Waals surface area (Å²) in [4.78, 5) is 15.1. The molecule has 0 unspecified atom stereocenters. The second-order valence-electron chi connectivity index (χ2n) is 5.83.